The predicted octanol–water partition coefficient (Wildman–Crippen LogP) is 5.81. The van der Waals surface area contributed by atoms with E-state index in [2.05, 4.69) is 18.4 Å². The molecule has 0 spiro atoms. The summed E-state index contributed by atoms with van der Waals surface area (Å²) >= 11 is 1.68. The van der Waals surface area contributed by atoms with Crippen LogP contribution in [0.3, 0.4) is 0 Å². The third-order valence-corrected chi connectivity index (χ3v) is 7.72. The maximum atomic E-state index is 13.6. The Hall–Kier alpha value is -2.18. The van der Waals surface area contributed by atoms with Gasteiger partial charge in [-0.1, -0.05) is 56.0 Å². The highest BCUT2D eigenvalue weighted by Gasteiger charge is 2.24. The lowest BCUT2D eigenvalue weighted by Gasteiger charge is -2.28. The van der Waals surface area contributed by atoms with Crippen molar-refractivity contribution in [1.82, 2.24) is 9.80 Å². The van der Waals surface area contributed by atoms with Gasteiger partial charge >= 0.3 is 0 Å². The Labute approximate surface area is 209 Å². The molecule has 1 saturated carbocycles. The number of benzene rings is 1. The summed E-state index contributed by atoms with van der Waals surface area (Å²) in [6, 6.07) is 12.2. The molecule has 6 heteroatoms. The van der Waals surface area contributed by atoms with Crippen LogP contribution in [0.2, 0.25) is 0 Å². The molecule has 0 bridgehead atoms. The van der Waals surface area contributed by atoms with Crippen LogP contribution >= 0.6 is 11.3 Å². The van der Waals surface area contributed by atoms with E-state index < -0.39 is 0 Å². The molecule has 0 atom stereocenters. The molecular formula is C28H40N2O3S. The van der Waals surface area contributed by atoms with Crippen LogP contribution in [-0.2, 0) is 27.4 Å². The number of nitrogens with zero attached hydrogens (tertiary/aromatic N) is 2. The summed E-state index contributed by atoms with van der Waals surface area (Å²) in [7, 11) is 0. The van der Waals surface area contributed by atoms with Gasteiger partial charge < -0.3 is 14.5 Å². The molecule has 0 N–H and O–H groups in total. The van der Waals surface area contributed by atoms with Crippen LogP contribution in [0.25, 0.3) is 0 Å². The van der Waals surface area contributed by atoms with Gasteiger partial charge in [-0.2, -0.15) is 0 Å². The number of hydrogen-bond donors (Lipinski definition) is 0. The Morgan fingerprint density at radius 1 is 1.03 bits per heavy atom. The van der Waals surface area contributed by atoms with Crippen LogP contribution < -0.4 is 0 Å². The average molecular weight is 485 g/mol. The van der Waals surface area contributed by atoms with Crippen molar-refractivity contribution >= 4 is 23.2 Å². The van der Waals surface area contributed by atoms with Gasteiger partial charge in [-0.05, 0) is 55.2 Å². The quantitative estimate of drug-likeness (QED) is 0.318. The number of amides is 2. The van der Waals surface area contributed by atoms with Gasteiger partial charge in [0, 0.05) is 37.6 Å². The Kier molecular flexibility index (Phi) is 11.1. The first-order valence-corrected chi connectivity index (χ1v) is 13.6. The molecule has 1 heterocycles. The van der Waals surface area contributed by atoms with Crippen LogP contribution in [0, 0.1) is 12.8 Å². The summed E-state index contributed by atoms with van der Waals surface area (Å²) in [5.74, 6) is 0.771. The third kappa shape index (κ3) is 8.55. The number of thiophene rings is 1. The second kappa shape index (κ2) is 14.3. The molecule has 186 valence electrons. The molecule has 2 aromatic rings. The SMILES string of the molecule is CCOCCCN(CC(=O)N(Cc1ccccc1)Cc1sccc1C)C(=O)CCC1CCCC1. The van der Waals surface area contributed by atoms with Gasteiger partial charge in [0.2, 0.25) is 11.8 Å². The molecule has 1 aromatic carbocycles. The number of carbonyl (C=O) groups excluding carboxylic acids is 2. The summed E-state index contributed by atoms with van der Waals surface area (Å²) in [6.45, 7) is 7.14. The van der Waals surface area contributed by atoms with Crippen LogP contribution in [-0.4, -0.2) is 47.9 Å². The van der Waals surface area contributed by atoms with E-state index in [-0.39, 0.29) is 18.4 Å². The molecule has 34 heavy (non-hydrogen) atoms. The highest BCUT2D eigenvalue weighted by atomic mass is 32.1. The van der Waals surface area contributed by atoms with E-state index in [0.717, 1.165) is 18.4 Å². The van der Waals surface area contributed by atoms with E-state index in [1.807, 2.05) is 42.2 Å². The molecule has 5 nitrogen and oxygen atoms in total. The summed E-state index contributed by atoms with van der Waals surface area (Å²) in [4.78, 5) is 31.6. The molecule has 1 aromatic heterocycles. The van der Waals surface area contributed by atoms with Gasteiger partial charge in [0.05, 0.1) is 13.1 Å². The second-order valence-corrected chi connectivity index (χ2v) is 10.3. The lowest BCUT2D eigenvalue weighted by atomic mass is 10.0. The number of carbonyl (C=O) groups is 2. The van der Waals surface area contributed by atoms with Crippen LogP contribution in [0.5, 0.6) is 0 Å². The van der Waals surface area contributed by atoms with Crippen LogP contribution in [0.1, 0.15) is 67.9 Å². The first-order chi connectivity index (χ1) is 16.6. The molecule has 1 fully saturated rings. The molecule has 0 radical (unpaired) electrons. The molecule has 1 aliphatic carbocycles. The van der Waals surface area contributed by atoms with Gasteiger partial charge in [-0.3, -0.25) is 9.59 Å². The summed E-state index contributed by atoms with van der Waals surface area (Å²) in [6.07, 6.45) is 7.27. The minimum atomic E-state index is 0.00211. The number of ether oxygens (including phenoxy) is 1. The van der Waals surface area contributed by atoms with E-state index in [0.29, 0.717) is 45.2 Å². The molecule has 0 aliphatic heterocycles. The fraction of sp³-hybridized carbons (Fsp3) is 0.571. The van der Waals surface area contributed by atoms with E-state index >= 15 is 0 Å². The van der Waals surface area contributed by atoms with Crippen molar-refractivity contribution in [3.05, 3.63) is 57.8 Å². The average Bonchev–Trinajstić information content (AvgIpc) is 3.51. The van der Waals surface area contributed by atoms with Crippen molar-refractivity contribution < 1.29 is 14.3 Å². The molecule has 1 aliphatic rings. The van der Waals surface area contributed by atoms with Crippen molar-refractivity contribution in [2.45, 2.75) is 71.9 Å². The van der Waals surface area contributed by atoms with Gasteiger partial charge in [0.15, 0.2) is 0 Å². The summed E-state index contributed by atoms with van der Waals surface area (Å²) < 4.78 is 5.49. The molecule has 3 rings (SSSR count). The van der Waals surface area contributed by atoms with Gasteiger partial charge in [0.1, 0.15) is 0 Å². The zero-order valence-corrected chi connectivity index (χ0v) is 21.7. The van der Waals surface area contributed by atoms with Gasteiger partial charge in [-0.15, -0.1) is 11.3 Å². The number of aryl methyl sites for hydroxylation is 1. The highest BCUT2D eigenvalue weighted by molar-refractivity contribution is 7.10. The Balaban J connectivity index is 1.67. The molecule has 0 saturated heterocycles. The van der Waals surface area contributed by atoms with Crippen molar-refractivity contribution in [3.8, 4) is 0 Å². The second-order valence-electron chi connectivity index (χ2n) is 9.32. The van der Waals surface area contributed by atoms with Crippen LogP contribution in [0.4, 0.5) is 0 Å². The molecular weight excluding hydrogens is 444 g/mol. The lowest BCUT2D eigenvalue weighted by Crippen LogP contribution is -2.43. The number of rotatable bonds is 14. The monoisotopic (exact) mass is 484 g/mol. The highest BCUT2D eigenvalue weighted by Crippen LogP contribution is 2.28. The van der Waals surface area contributed by atoms with Gasteiger partial charge in [0.25, 0.3) is 0 Å². The Morgan fingerprint density at radius 3 is 2.47 bits per heavy atom. The Morgan fingerprint density at radius 2 is 1.79 bits per heavy atom. The van der Waals surface area contributed by atoms with E-state index in [1.165, 1.54) is 36.1 Å². The van der Waals surface area contributed by atoms with Crippen molar-refractivity contribution in [3.63, 3.8) is 0 Å². The zero-order valence-electron chi connectivity index (χ0n) is 20.8. The maximum Gasteiger partial charge on any atom is 0.242 e. The van der Waals surface area contributed by atoms with Crippen LogP contribution in [0.15, 0.2) is 41.8 Å². The van der Waals surface area contributed by atoms with E-state index in [4.69, 9.17) is 4.74 Å². The largest absolute Gasteiger partial charge is 0.382 e. The molecule has 0 unspecified atom stereocenters. The number of hydrogen-bond acceptors (Lipinski definition) is 4. The van der Waals surface area contributed by atoms with E-state index in [1.54, 1.807) is 16.2 Å². The summed E-state index contributed by atoms with van der Waals surface area (Å²) in [5, 5.41) is 2.07. The minimum absolute atomic E-state index is 0.00211. The third-order valence-electron chi connectivity index (χ3n) is 6.71. The summed E-state index contributed by atoms with van der Waals surface area (Å²) in [5.41, 5.74) is 2.30. The standard InChI is InChI=1S/C28H40N2O3S/c1-3-33-18-9-17-29(27(31)15-14-24-10-7-8-11-24)22-28(32)30(20-25-12-5-4-6-13-25)21-26-23(2)16-19-34-26/h4-6,12-13,16,19,24H,3,7-11,14-15,17-18,20-22H2,1-2H3. The van der Waals surface area contributed by atoms with Crippen molar-refractivity contribution in [1.29, 1.82) is 0 Å². The zero-order chi connectivity index (χ0) is 24.2. The Bertz CT molecular complexity index is 877. The first-order valence-electron chi connectivity index (χ1n) is 12.8. The van der Waals surface area contributed by atoms with Crippen molar-refractivity contribution in [2.24, 2.45) is 5.92 Å². The molecule has 2 amide bonds. The lowest BCUT2D eigenvalue weighted by molar-refractivity contribution is -0.141. The maximum absolute atomic E-state index is 13.6. The van der Waals surface area contributed by atoms with E-state index in [9.17, 15) is 9.59 Å². The topological polar surface area (TPSA) is 49.9 Å². The fourth-order valence-electron chi connectivity index (χ4n) is 4.62. The normalized spacial score (nSPS) is 13.8. The fourth-order valence-corrected chi connectivity index (χ4v) is 5.54. The van der Waals surface area contributed by atoms with Gasteiger partial charge in [-0.25, -0.2) is 0 Å². The van der Waals surface area contributed by atoms with Crippen molar-refractivity contribution in [2.75, 3.05) is 26.3 Å². The minimum Gasteiger partial charge on any atom is -0.382 e. The predicted molar refractivity (Wildman–Crippen MR) is 139 cm³/mol. The first kappa shape index (κ1) is 26.4. The smallest absolute Gasteiger partial charge is 0.242 e.